The molecule has 0 unspecified atom stereocenters. The minimum absolute atomic E-state index is 0.268. The minimum atomic E-state index is -4.35. The lowest BCUT2D eigenvalue weighted by atomic mass is 10.1. The third-order valence-corrected chi connectivity index (χ3v) is 2.33. The van der Waals surface area contributed by atoms with E-state index in [1.807, 2.05) is 0 Å². The molecule has 0 amide bonds. The first kappa shape index (κ1) is 13.8. The molecule has 0 aliphatic heterocycles. The summed E-state index contributed by atoms with van der Waals surface area (Å²) in [6, 6.07) is 4.92. The van der Waals surface area contributed by atoms with Crippen LogP contribution in [0.1, 0.15) is 11.1 Å². The highest BCUT2D eigenvalue weighted by atomic mass is 35.5. The van der Waals surface area contributed by atoms with Crippen LogP contribution in [0.15, 0.2) is 30.3 Å². The van der Waals surface area contributed by atoms with Crippen LogP contribution in [-0.2, 0) is 6.18 Å². The summed E-state index contributed by atoms with van der Waals surface area (Å²) in [4.78, 5) is 0. The lowest BCUT2D eigenvalue weighted by Crippen LogP contribution is -2.04. The van der Waals surface area contributed by atoms with Gasteiger partial charge in [-0.1, -0.05) is 23.7 Å². The van der Waals surface area contributed by atoms with Gasteiger partial charge in [-0.25, -0.2) is 4.58 Å². The van der Waals surface area contributed by atoms with Crippen molar-refractivity contribution in [1.82, 2.24) is 0 Å². The molecule has 0 bridgehead atoms. The summed E-state index contributed by atoms with van der Waals surface area (Å²) in [6.45, 7) is 0. The largest absolute Gasteiger partial charge is 0.416 e. The SMILES string of the molecule is C[N+](C)=C/C=C(\Cl)c1cccc(C(F)(F)F)c1. The summed E-state index contributed by atoms with van der Waals surface area (Å²) in [7, 11) is 3.60. The van der Waals surface area contributed by atoms with E-state index in [1.165, 1.54) is 12.1 Å². The molecule has 0 N–H and O–H groups in total. The smallest absolute Gasteiger partial charge is 0.241 e. The lowest BCUT2D eigenvalue weighted by molar-refractivity contribution is -0.458. The van der Waals surface area contributed by atoms with E-state index < -0.39 is 11.7 Å². The van der Waals surface area contributed by atoms with Crippen LogP contribution in [0.25, 0.3) is 5.03 Å². The second-order valence-electron chi connectivity index (χ2n) is 3.71. The number of halogens is 4. The van der Waals surface area contributed by atoms with Crippen molar-refractivity contribution >= 4 is 22.8 Å². The van der Waals surface area contributed by atoms with E-state index in [0.717, 1.165) is 12.1 Å². The molecule has 0 aliphatic carbocycles. The number of rotatable bonds is 2. The molecule has 1 nitrogen and oxygen atoms in total. The van der Waals surface area contributed by atoms with Crippen molar-refractivity contribution in [2.24, 2.45) is 0 Å². The van der Waals surface area contributed by atoms with Crippen molar-refractivity contribution < 1.29 is 17.7 Å². The first-order valence-corrected chi connectivity index (χ1v) is 5.23. The van der Waals surface area contributed by atoms with Crippen molar-refractivity contribution in [2.75, 3.05) is 14.1 Å². The summed E-state index contributed by atoms with van der Waals surface area (Å²) in [5.74, 6) is 0. The van der Waals surface area contributed by atoms with Crippen LogP contribution in [0.5, 0.6) is 0 Å². The Hall–Kier alpha value is -1.29. The molecule has 92 valence electrons. The molecule has 1 aromatic rings. The summed E-state index contributed by atoms with van der Waals surface area (Å²) in [6.07, 6.45) is -1.13. The van der Waals surface area contributed by atoms with Crippen LogP contribution in [0.2, 0.25) is 0 Å². The van der Waals surface area contributed by atoms with Gasteiger partial charge in [-0.2, -0.15) is 13.2 Å². The van der Waals surface area contributed by atoms with E-state index in [4.69, 9.17) is 11.6 Å². The summed E-state index contributed by atoms with van der Waals surface area (Å²) >= 11 is 5.91. The van der Waals surface area contributed by atoms with Crippen LogP contribution < -0.4 is 0 Å². The van der Waals surface area contributed by atoms with Gasteiger partial charge in [-0.3, -0.25) is 0 Å². The molecule has 0 aromatic heterocycles. The summed E-state index contributed by atoms with van der Waals surface area (Å²) in [5, 5.41) is 0.268. The standard InChI is InChI=1S/C12H12ClF3N/c1-17(2)7-6-11(13)9-4-3-5-10(8-9)12(14,15)16/h3-8H,1-2H3/q+1/b11-6-. The van der Waals surface area contributed by atoms with Gasteiger partial charge in [0.15, 0.2) is 6.21 Å². The maximum atomic E-state index is 12.5. The quantitative estimate of drug-likeness (QED) is 0.566. The molecule has 0 atom stereocenters. The van der Waals surface area contributed by atoms with Gasteiger partial charge in [-0.15, -0.1) is 0 Å². The Kier molecular flexibility index (Phi) is 4.34. The van der Waals surface area contributed by atoms with Gasteiger partial charge in [0, 0.05) is 6.08 Å². The summed E-state index contributed by atoms with van der Waals surface area (Å²) in [5.41, 5.74) is -0.356. The normalized spacial score (nSPS) is 12.5. The van der Waals surface area contributed by atoms with Gasteiger partial charge in [0.05, 0.1) is 10.6 Å². The zero-order chi connectivity index (χ0) is 13.1. The minimum Gasteiger partial charge on any atom is -0.241 e. The number of allylic oxidation sites excluding steroid dienone is 1. The predicted octanol–water partition coefficient (Wildman–Crippen LogP) is 3.63. The van der Waals surface area contributed by atoms with E-state index in [2.05, 4.69) is 0 Å². The van der Waals surface area contributed by atoms with Gasteiger partial charge in [0.1, 0.15) is 14.1 Å². The van der Waals surface area contributed by atoms with Crippen molar-refractivity contribution in [3.05, 3.63) is 41.5 Å². The second kappa shape index (κ2) is 5.36. The fraction of sp³-hybridized carbons (Fsp3) is 0.250. The Bertz CT molecular complexity index is 457. The highest BCUT2D eigenvalue weighted by molar-refractivity contribution is 6.49. The first-order chi connectivity index (χ1) is 7.80. The van der Waals surface area contributed by atoms with Gasteiger partial charge < -0.3 is 0 Å². The average molecular weight is 263 g/mol. The number of hydrogen-bond donors (Lipinski definition) is 0. The Balaban J connectivity index is 3.08. The molecule has 0 saturated heterocycles. The molecular weight excluding hydrogens is 251 g/mol. The molecule has 5 heteroatoms. The van der Waals surface area contributed by atoms with E-state index >= 15 is 0 Å². The zero-order valence-corrected chi connectivity index (χ0v) is 10.2. The Morgan fingerprint density at radius 2 is 1.94 bits per heavy atom. The third-order valence-electron chi connectivity index (χ3n) is 1.98. The third kappa shape index (κ3) is 4.23. The van der Waals surface area contributed by atoms with E-state index in [0.29, 0.717) is 5.56 Å². The van der Waals surface area contributed by atoms with Crippen molar-refractivity contribution in [2.45, 2.75) is 6.18 Å². The fourth-order valence-corrected chi connectivity index (χ4v) is 1.33. The number of hydrogen-bond acceptors (Lipinski definition) is 0. The fourth-order valence-electron chi connectivity index (χ4n) is 1.15. The predicted molar refractivity (Wildman–Crippen MR) is 63.4 cm³/mol. The second-order valence-corrected chi connectivity index (χ2v) is 4.11. The van der Waals surface area contributed by atoms with E-state index in [1.54, 1.807) is 31.0 Å². The van der Waals surface area contributed by atoms with Crippen LogP contribution >= 0.6 is 11.6 Å². The molecule has 1 rings (SSSR count). The maximum absolute atomic E-state index is 12.5. The zero-order valence-electron chi connectivity index (χ0n) is 9.42. The van der Waals surface area contributed by atoms with Crippen LogP contribution in [0.4, 0.5) is 13.2 Å². The van der Waals surface area contributed by atoms with Gasteiger partial charge >= 0.3 is 6.18 Å². The molecular formula is C12H12ClF3N+. The van der Waals surface area contributed by atoms with Crippen LogP contribution in [-0.4, -0.2) is 24.9 Å². The summed E-state index contributed by atoms with van der Waals surface area (Å²) < 4.78 is 39.1. The van der Waals surface area contributed by atoms with E-state index in [9.17, 15) is 13.2 Å². The maximum Gasteiger partial charge on any atom is 0.416 e. The molecule has 0 saturated carbocycles. The van der Waals surface area contributed by atoms with Crippen LogP contribution in [0.3, 0.4) is 0 Å². The molecule has 1 aromatic carbocycles. The molecule has 0 spiro atoms. The molecule has 0 aliphatic rings. The highest BCUT2D eigenvalue weighted by Crippen LogP contribution is 2.31. The average Bonchev–Trinajstić information content (AvgIpc) is 2.25. The van der Waals surface area contributed by atoms with Crippen molar-refractivity contribution in [3.63, 3.8) is 0 Å². The molecule has 0 heterocycles. The van der Waals surface area contributed by atoms with Crippen LogP contribution in [0, 0.1) is 0 Å². The van der Waals surface area contributed by atoms with Gasteiger partial charge in [-0.05, 0) is 17.7 Å². The Morgan fingerprint density at radius 3 is 2.47 bits per heavy atom. The van der Waals surface area contributed by atoms with Gasteiger partial charge in [0.25, 0.3) is 0 Å². The number of nitrogens with zero attached hydrogens (tertiary/aromatic N) is 1. The van der Waals surface area contributed by atoms with Crippen molar-refractivity contribution in [1.29, 1.82) is 0 Å². The highest BCUT2D eigenvalue weighted by Gasteiger charge is 2.30. The Morgan fingerprint density at radius 1 is 1.29 bits per heavy atom. The first-order valence-electron chi connectivity index (χ1n) is 4.85. The Labute approximate surface area is 103 Å². The molecule has 0 fully saturated rings. The molecule has 0 radical (unpaired) electrons. The monoisotopic (exact) mass is 262 g/mol. The lowest BCUT2D eigenvalue weighted by Gasteiger charge is -2.07. The van der Waals surface area contributed by atoms with Crippen molar-refractivity contribution in [3.8, 4) is 0 Å². The number of benzene rings is 1. The number of alkyl halides is 3. The van der Waals surface area contributed by atoms with E-state index in [-0.39, 0.29) is 5.03 Å². The van der Waals surface area contributed by atoms with Gasteiger partial charge in [0.2, 0.25) is 0 Å². The molecule has 17 heavy (non-hydrogen) atoms. The topological polar surface area (TPSA) is 3.01 Å².